The van der Waals surface area contributed by atoms with Gasteiger partial charge in [-0.2, -0.15) is 5.26 Å². The molecule has 1 aromatic rings. The quantitative estimate of drug-likeness (QED) is 0.727. The maximum absolute atomic E-state index is 12.7. The van der Waals surface area contributed by atoms with Crippen molar-refractivity contribution in [1.29, 1.82) is 5.26 Å². The summed E-state index contributed by atoms with van der Waals surface area (Å²) in [7, 11) is 1.27. The number of carbonyl (C=O) groups excluding carboxylic acids is 2. The standard InChI is InChI=1S/C19H17BrN2O5/c1-25-16(24)9-26-14-6-5-10(20)7-11(14)17-12(8-21)19(22)27-15-4-2-3-13(23)18(15)17/h5-7,17H,2-4,9,22H2,1H3. The molecular formula is C19H17BrN2O5. The molecule has 8 heteroatoms. The molecule has 1 unspecified atom stereocenters. The molecule has 0 aromatic heterocycles. The molecular weight excluding hydrogens is 416 g/mol. The van der Waals surface area contributed by atoms with Gasteiger partial charge in [-0.15, -0.1) is 0 Å². The predicted molar refractivity (Wildman–Crippen MR) is 98.2 cm³/mol. The number of ketones is 1. The van der Waals surface area contributed by atoms with E-state index >= 15 is 0 Å². The van der Waals surface area contributed by atoms with Crippen LogP contribution in [0.1, 0.15) is 30.7 Å². The number of Topliss-reactive ketones (excluding diaryl/α,β-unsaturated/α-hetero) is 1. The highest BCUT2D eigenvalue weighted by Gasteiger charge is 2.39. The van der Waals surface area contributed by atoms with Gasteiger partial charge in [-0.05, 0) is 24.6 Å². The predicted octanol–water partition coefficient (Wildman–Crippen LogP) is 2.82. The average Bonchev–Trinajstić information content (AvgIpc) is 2.65. The third-order valence-corrected chi connectivity index (χ3v) is 4.95. The van der Waals surface area contributed by atoms with Crippen LogP contribution in [0.25, 0.3) is 0 Å². The molecule has 7 nitrogen and oxygen atoms in total. The lowest BCUT2D eigenvalue weighted by atomic mass is 9.77. The molecule has 1 aliphatic heterocycles. The van der Waals surface area contributed by atoms with E-state index in [1.54, 1.807) is 18.2 Å². The van der Waals surface area contributed by atoms with Gasteiger partial charge in [-0.25, -0.2) is 4.79 Å². The van der Waals surface area contributed by atoms with Crippen molar-refractivity contribution in [1.82, 2.24) is 0 Å². The van der Waals surface area contributed by atoms with E-state index in [0.717, 1.165) is 4.47 Å². The van der Waals surface area contributed by atoms with E-state index in [2.05, 4.69) is 26.7 Å². The Bertz CT molecular complexity index is 913. The summed E-state index contributed by atoms with van der Waals surface area (Å²) in [6, 6.07) is 7.21. The van der Waals surface area contributed by atoms with Crippen molar-refractivity contribution in [2.24, 2.45) is 5.73 Å². The highest BCUT2D eigenvalue weighted by molar-refractivity contribution is 9.10. The first kappa shape index (κ1) is 19.0. The molecule has 2 aliphatic rings. The van der Waals surface area contributed by atoms with Crippen LogP contribution in [-0.2, 0) is 19.1 Å². The minimum atomic E-state index is -0.711. The fourth-order valence-corrected chi connectivity index (χ4v) is 3.62. The average molecular weight is 433 g/mol. The molecule has 0 amide bonds. The Kier molecular flexibility index (Phi) is 5.51. The number of hydrogen-bond donors (Lipinski definition) is 1. The highest BCUT2D eigenvalue weighted by Crippen LogP contribution is 2.46. The number of benzene rings is 1. The van der Waals surface area contributed by atoms with Gasteiger partial charge < -0.3 is 19.9 Å². The van der Waals surface area contributed by atoms with Gasteiger partial charge in [0.1, 0.15) is 23.2 Å². The first-order valence-corrected chi connectivity index (χ1v) is 9.08. The maximum atomic E-state index is 12.7. The molecule has 0 spiro atoms. The Morgan fingerprint density at radius 1 is 1.44 bits per heavy atom. The highest BCUT2D eigenvalue weighted by atomic mass is 79.9. The number of halogens is 1. The molecule has 1 atom stereocenters. The largest absolute Gasteiger partial charge is 0.482 e. The lowest BCUT2D eigenvalue weighted by Crippen LogP contribution is -2.28. The zero-order chi connectivity index (χ0) is 19.6. The molecule has 1 aromatic carbocycles. The first-order chi connectivity index (χ1) is 13.0. The Labute approximate surface area is 164 Å². The van der Waals surface area contributed by atoms with Crippen molar-refractivity contribution in [2.75, 3.05) is 13.7 Å². The monoisotopic (exact) mass is 432 g/mol. The molecule has 0 fully saturated rings. The number of rotatable bonds is 4. The van der Waals surface area contributed by atoms with Gasteiger partial charge in [0.25, 0.3) is 0 Å². The lowest BCUT2D eigenvalue weighted by molar-refractivity contribution is -0.142. The molecule has 2 N–H and O–H groups in total. The zero-order valence-corrected chi connectivity index (χ0v) is 16.2. The van der Waals surface area contributed by atoms with E-state index < -0.39 is 11.9 Å². The van der Waals surface area contributed by atoms with Crippen LogP contribution in [-0.4, -0.2) is 25.5 Å². The summed E-state index contributed by atoms with van der Waals surface area (Å²) < 4.78 is 16.5. The van der Waals surface area contributed by atoms with Gasteiger partial charge in [0.15, 0.2) is 12.4 Å². The van der Waals surface area contributed by atoms with E-state index in [-0.39, 0.29) is 23.8 Å². The summed E-state index contributed by atoms with van der Waals surface area (Å²) in [6.07, 6.45) is 1.62. The van der Waals surface area contributed by atoms with Gasteiger partial charge >= 0.3 is 5.97 Å². The Morgan fingerprint density at radius 2 is 2.22 bits per heavy atom. The van der Waals surface area contributed by atoms with Crippen LogP contribution in [0.4, 0.5) is 0 Å². The molecule has 0 bridgehead atoms. The van der Waals surface area contributed by atoms with Crippen LogP contribution in [0.3, 0.4) is 0 Å². The van der Waals surface area contributed by atoms with Crippen molar-refractivity contribution in [3.63, 3.8) is 0 Å². The fourth-order valence-electron chi connectivity index (χ4n) is 3.24. The van der Waals surface area contributed by atoms with Crippen LogP contribution in [0, 0.1) is 11.3 Å². The fraction of sp³-hybridized carbons (Fsp3) is 0.316. The normalized spacial score (nSPS) is 19.1. The summed E-state index contributed by atoms with van der Waals surface area (Å²) in [6.45, 7) is -0.296. The number of hydrogen-bond acceptors (Lipinski definition) is 7. The number of methoxy groups -OCH3 is 1. The maximum Gasteiger partial charge on any atom is 0.343 e. The molecule has 0 radical (unpaired) electrons. The lowest BCUT2D eigenvalue weighted by Gasteiger charge is -2.31. The zero-order valence-electron chi connectivity index (χ0n) is 14.6. The Balaban J connectivity index is 2.13. The summed E-state index contributed by atoms with van der Waals surface area (Å²) in [5.74, 6) is -0.500. The van der Waals surface area contributed by atoms with Crippen LogP contribution in [0.2, 0.25) is 0 Å². The topological polar surface area (TPSA) is 112 Å². The third kappa shape index (κ3) is 3.69. The van der Waals surface area contributed by atoms with Crippen molar-refractivity contribution in [2.45, 2.75) is 25.2 Å². The van der Waals surface area contributed by atoms with Crippen LogP contribution >= 0.6 is 15.9 Å². The van der Waals surface area contributed by atoms with E-state index in [1.807, 2.05) is 0 Å². The Hall–Kier alpha value is -2.79. The van der Waals surface area contributed by atoms with Gasteiger partial charge in [0.2, 0.25) is 5.88 Å². The number of allylic oxidation sites excluding steroid dienone is 3. The van der Waals surface area contributed by atoms with Gasteiger partial charge in [0.05, 0.1) is 13.0 Å². The smallest absolute Gasteiger partial charge is 0.343 e. The summed E-state index contributed by atoms with van der Waals surface area (Å²) in [5.41, 5.74) is 7.09. The molecule has 3 rings (SSSR count). The minimum Gasteiger partial charge on any atom is -0.482 e. The van der Waals surface area contributed by atoms with Gasteiger partial charge in [-0.1, -0.05) is 15.9 Å². The molecule has 0 saturated carbocycles. The second-order valence-electron chi connectivity index (χ2n) is 6.09. The molecule has 140 valence electrons. The van der Waals surface area contributed by atoms with Crippen LogP contribution in [0.5, 0.6) is 5.75 Å². The molecule has 0 saturated heterocycles. The van der Waals surface area contributed by atoms with Gasteiger partial charge in [-0.3, -0.25) is 4.79 Å². The van der Waals surface area contributed by atoms with Crippen molar-refractivity contribution in [3.05, 3.63) is 51.0 Å². The van der Waals surface area contributed by atoms with E-state index in [1.165, 1.54) is 7.11 Å². The number of nitrogens with zero attached hydrogens (tertiary/aromatic N) is 1. The first-order valence-electron chi connectivity index (χ1n) is 8.29. The van der Waals surface area contributed by atoms with Crippen LogP contribution < -0.4 is 10.5 Å². The van der Waals surface area contributed by atoms with Crippen molar-refractivity contribution < 1.29 is 23.8 Å². The SMILES string of the molecule is COC(=O)COc1ccc(Br)cc1C1C(C#N)=C(N)OC2=C1C(=O)CCC2. The van der Waals surface area contributed by atoms with E-state index in [0.29, 0.717) is 41.9 Å². The minimum absolute atomic E-state index is 0.0187. The summed E-state index contributed by atoms with van der Waals surface area (Å²) in [4.78, 5) is 24.1. The number of esters is 1. The summed E-state index contributed by atoms with van der Waals surface area (Å²) >= 11 is 3.41. The second-order valence-corrected chi connectivity index (χ2v) is 7.00. The number of carbonyl (C=O) groups is 2. The van der Waals surface area contributed by atoms with Crippen LogP contribution in [0.15, 0.2) is 45.5 Å². The van der Waals surface area contributed by atoms with Crippen molar-refractivity contribution >= 4 is 27.7 Å². The molecule has 1 aliphatic carbocycles. The molecule has 1 heterocycles. The molecule has 27 heavy (non-hydrogen) atoms. The second kappa shape index (κ2) is 7.84. The number of nitrogens with two attached hydrogens (primary N) is 1. The van der Waals surface area contributed by atoms with Crippen molar-refractivity contribution in [3.8, 4) is 11.8 Å². The summed E-state index contributed by atoms with van der Waals surface area (Å²) in [5, 5.41) is 9.66. The van der Waals surface area contributed by atoms with E-state index in [9.17, 15) is 14.9 Å². The third-order valence-electron chi connectivity index (χ3n) is 4.46. The Morgan fingerprint density at radius 3 is 2.93 bits per heavy atom. The number of ether oxygens (including phenoxy) is 3. The van der Waals surface area contributed by atoms with Gasteiger partial charge in [0, 0.05) is 28.5 Å². The number of nitriles is 1. The van der Waals surface area contributed by atoms with E-state index in [4.69, 9.17) is 15.2 Å².